The average molecular weight is 1380 g/mol. The molecule has 1 aromatic carbocycles. The number of fused-ring (bicyclic) bond motifs is 8. The van der Waals surface area contributed by atoms with Gasteiger partial charge in [-0.1, -0.05) is 96.9 Å². The van der Waals surface area contributed by atoms with Gasteiger partial charge in [-0.15, -0.1) is 0 Å². The van der Waals surface area contributed by atoms with Crippen molar-refractivity contribution in [3.63, 3.8) is 0 Å². The number of amides is 3. The number of likely N-dealkylation sites (tertiary alicyclic amines) is 1. The first kappa shape index (κ1) is 72.8. The fraction of sp³-hybridized carbons (Fsp3) is 0.870. The van der Waals surface area contributed by atoms with Crippen LogP contribution in [0.2, 0.25) is 0 Å². The molecule has 10 saturated carbocycles. The van der Waals surface area contributed by atoms with Crippen molar-refractivity contribution in [3.05, 3.63) is 34.4 Å². The van der Waals surface area contributed by atoms with Gasteiger partial charge in [0, 0.05) is 66.2 Å². The molecule has 26 atom stereocenters. The quantitative estimate of drug-likeness (QED) is 0.0598. The predicted molar refractivity (Wildman–Crippen MR) is 367 cm³/mol. The number of carbonyl (C=O) groups is 4. The first-order valence-corrected chi connectivity index (χ1v) is 38.2. The predicted octanol–water partition coefficient (Wildman–Crippen LogP) is 15.0. The van der Waals surface area contributed by atoms with Crippen molar-refractivity contribution in [2.24, 2.45) is 113 Å². The molecule has 1 aromatic rings. The third-order valence-electron chi connectivity index (χ3n) is 31.3. The zero-order valence-electron chi connectivity index (χ0n) is 61.2. The Bertz CT molecular complexity index is 3150. The maximum absolute atomic E-state index is 12.9. The SMILES string of the molecule is CCNC(=O)O[C@H](C(C)C)[C@H]1C[C@@H](C)[C@H]2[C@H](O1)[C@H](O)[C@@]1(C)[C@@H]3CC[C@H]4C(C)(C)[C@@H](O)CC[C@@]45C[C@@]35CC[C@]21C.CCNC(=O)O[C@H](C(C)C)[C@H]1C[C@@H](C)[C@H]2[C@H](O1)[C@H](O)[C@@]1(C)[C@@H]3CC[C@H]4C(C)(C)[C@@H](OC(=O)N5CCC5)CC[C@@]45C[C@@]35CC[C@]21C.O=C(Cl)Oc1ccc([N+](=O)[O-])cc1. The number of hydrogen-bond acceptors (Lipinski definition) is 15. The number of nitro benzene ring substituents is 1. The molecule has 0 bridgehead atoms. The lowest BCUT2D eigenvalue weighted by molar-refractivity contribution is -0.384. The van der Waals surface area contributed by atoms with E-state index in [1.165, 1.54) is 56.4 Å². The molecule has 3 aliphatic heterocycles. The minimum absolute atomic E-state index is 0.0127. The number of nitrogens with one attached hydrogen (secondary N) is 2. The number of aliphatic hydroxyl groups excluding tert-OH is 3. The highest BCUT2D eigenvalue weighted by molar-refractivity contribution is 6.61. The van der Waals surface area contributed by atoms with Crippen LogP contribution >= 0.6 is 11.6 Å². The normalized spacial score (nSPS) is 46.0. The average Bonchev–Trinajstić information content (AvgIpc) is 1.47. The van der Waals surface area contributed by atoms with E-state index in [0.717, 1.165) is 90.1 Å². The highest BCUT2D eigenvalue weighted by Gasteiger charge is 2.87. The van der Waals surface area contributed by atoms with Crippen molar-refractivity contribution in [1.82, 2.24) is 15.5 Å². The molecular formula is C77H119ClN4O15. The molecule has 20 heteroatoms. The van der Waals surface area contributed by atoms with Crippen LogP contribution in [0.1, 0.15) is 220 Å². The van der Waals surface area contributed by atoms with Crippen molar-refractivity contribution < 1.29 is 67.8 Å². The molecular weight excluding hydrogens is 1260 g/mol. The molecule has 14 rings (SSSR count). The van der Waals surface area contributed by atoms with Crippen molar-refractivity contribution >= 4 is 41.0 Å². The molecule has 97 heavy (non-hydrogen) atoms. The van der Waals surface area contributed by atoms with Gasteiger partial charge in [0.25, 0.3) is 5.69 Å². The zero-order chi connectivity index (χ0) is 70.5. The standard InChI is InChI=1S/C37H60N2O6.C33H55NO5.C7H4ClNO4/c1-9-38-31(41)45-28(21(2)3)23-19-22(4)27-29(43-23)30(40)35(8)25-12-11-24-33(5,6)26(44-32(42)39-17-10-18-39)13-14-36(24)20-37(25,36)16-15-34(27,35)7;1-9-34-28(37)39-25(18(2)3)20-16-19(4)24-26(38-20)27(36)31(8)22-11-10-21-29(5,6)23(35)12-13-32(21)17-33(22,32)15-14-30(24,31)7;8-7(10)13-6-3-1-5(2-4-6)9(11)12/h21-30,40H,9-20H2,1-8H3,(H,38,41);18-27,35-36H,9-17H2,1-8H3,(H,34,37);1-4H/t22-,23-,24+,25+,26+,27+,28-,29+,30+,34-,35-,36-,37+;19-,20-,21+,22+,23+,24+,25-,26+,27+,30-,31-,32-,33+;/m11./s1. The van der Waals surface area contributed by atoms with Gasteiger partial charge in [0.15, 0.2) is 0 Å². The second kappa shape index (κ2) is 25.4. The molecule has 3 amide bonds. The van der Waals surface area contributed by atoms with Gasteiger partial charge in [-0.05, 0) is 232 Å². The Kier molecular flexibility index (Phi) is 19.1. The Labute approximate surface area is 582 Å². The second-order valence-electron chi connectivity index (χ2n) is 36.2. The molecule has 5 N–H and O–H groups in total. The highest BCUT2D eigenvalue weighted by Crippen LogP contribution is 2.91. The van der Waals surface area contributed by atoms with E-state index < -0.39 is 22.6 Å². The van der Waals surface area contributed by atoms with Gasteiger partial charge in [0.05, 0.1) is 47.7 Å². The maximum Gasteiger partial charge on any atom is 0.410 e. The van der Waals surface area contributed by atoms with Crippen LogP contribution in [0, 0.1) is 123 Å². The lowest BCUT2D eigenvalue weighted by Gasteiger charge is -2.63. The molecule has 0 unspecified atom stereocenters. The molecule has 13 fully saturated rings. The topological polar surface area (TPSA) is 255 Å². The van der Waals surface area contributed by atoms with Crippen molar-refractivity contribution in [3.8, 4) is 5.75 Å². The van der Waals surface area contributed by atoms with E-state index in [1.54, 1.807) is 0 Å². The second-order valence-corrected chi connectivity index (χ2v) is 36.5. The molecule has 19 nitrogen and oxygen atoms in total. The summed E-state index contributed by atoms with van der Waals surface area (Å²) < 4.78 is 36.4. The van der Waals surface area contributed by atoms with E-state index in [1.807, 2.05) is 18.7 Å². The number of alkyl carbamates (subject to hydrolysis) is 2. The number of benzene rings is 1. The highest BCUT2D eigenvalue weighted by atomic mass is 35.5. The van der Waals surface area contributed by atoms with Crippen LogP contribution in [0.4, 0.5) is 24.9 Å². The van der Waals surface area contributed by atoms with Gasteiger partial charge in [-0.3, -0.25) is 10.1 Å². The van der Waals surface area contributed by atoms with Crippen LogP contribution in [0.5, 0.6) is 5.75 Å². The van der Waals surface area contributed by atoms with E-state index in [2.05, 4.69) is 112 Å². The van der Waals surface area contributed by atoms with Crippen molar-refractivity contribution in [2.75, 3.05) is 26.2 Å². The minimum Gasteiger partial charge on any atom is -0.446 e. The van der Waals surface area contributed by atoms with E-state index >= 15 is 0 Å². The van der Waals surface area contributed by atoms with E-state index in [4.69, 9.17) is 35.3 Å². The monoisotopic (exact) mass is 1370 g/mol. The Morgan fingerprint density at radius 2 is 1.05 bits per heavy atom. The van der Waals surface area contributed by atoms with Crippen LogP contribution < -0.4 is 15.4 Å². The lowest BCUT2D eigenvalue weighted by atomic mass is 9.41. The van der Waals surface area contributed by atoms with Gasteiger partial charge >= 0.3 is 23.7 Å². The molecule has 10 aliphatic carbocycles. The smallest absolute Gasteiger partial charge is 0.410 e. The van der Waals surface area contributed by atoms with Gasteiger partial charge in [0.1, 0.15) is 24.1 Å². The number of rotatable bonds is 11. The number of hydrogen-bond donors (Lipinski definition) is 5. The Balaban J connectivity index is 0.000000157. The summed E-state index contributed by atoms with van der Waals surface area (Å²) in [5.41, 5.74) is -0.384. The number of halogens is 1. The van der Waals surface area contributed by atoms with Gasteiger partial charge in [-0.25, -0.2) is 19.2 Å². The fourth-order valence-corrected chi connectivity index (χ4v) is 26.7. The van der Waals surface area contributed by atoms with E-state index in [9.17, 15) is 44.6 Å². The maximum atomic E-state index is 12.9. The van der Waals surface area contributed by atoms with E-state index in [0.29, 0.717) is 65.3 Å². The number of nitro groups is 1. The molecule has 0 radical (unpaired) electrons. The third-order valence-corrected chi connectivity index (χ3v) is 31.4. The number of nitrogens with zero attached hydrogens (tertiary/aromatic N) is 2. The van der Waals surface area contributed by atoms with Crippen LogP contribution in [0.15, 0.2) is 24.3 Å². The largest absolute Gasteiger partial charge is 0.446 e. The molecule has 3 saturated heterocycles. The number of ether oxygens (including phenoxy) is 6. The molecule has 4 spiro atoms. The first-order chi connectivity index (χ1) is 45.5. The molecule has 3 heterocycles. The number of non-ortho nitro benzene ring substituents is 1. The summed E-state index contributed by atoms with van der Waals surface area (Å²) in [6.07, 6.45) is 15.1. The Morgan fingerprint density at radius 1 is 0.629 bits per heavy atom. The summed E-state index contributed by atoms with van der Waals surface area (Å²) >= 11 is 4.92. The van der Waals surface area contributed by atoms with Crippen LogP contribution in [-0.2, 0) is 23.7 Å². The summed E-state index contributed by atoms with van der Waals surface area (Å²) in [4.78, 5) is 59.5. The lowest BCUT2D eigenvalue weighted by Crippen LogP contribution is -2.60. The summed E-state index contributed by atoms with van der Waals surface area (Å²) in [5.74, 6) is 3.82. The van der Waals surface area contributed by atoms with Crippen LogP contribution in [-0.4, -0.2) is 136 Å². The summed E-state index contributed by atoms with van der Waals surface area (Å²) in [5, 5.41) is 51.7. The fourth-order valence-electron chi connectivity index (χ4n) is 26.6. The first-order valence-electron chi connectivity index (χ1n) is 37.8. The summed E-state index contributed by atoms with van der Waals surface area (Å²) in [6.45, 7) is 38.8. The molecule has 0 aromatic heterocycles. The summed E-state index contributed by atoms with van der Waals surface area (Å²) in [7, 11) is 0. The Morgan fingerprint density at radius 3 is 1.45 bits per heavy atom. The number of carbonyl (C=O) groups excluding carboxylic acids is 4. The third kappa shape index (κ3) is 10.9. The molecule has 544 valence electrons. The van der Waals surface area contributed by atoms with Gasteiger partial charge in [-0.2, -0.15) is 0 Å². The minimum atomic E-state index is -0.978. The van der Waals surface area contributed by atoms with Gasteiger partial charge < -0.3 is 59.3 Å². The van der Waals surface area contributed by atoms with Crippen LogP contribution in [0.25, 0.3) is 0 Å². The Hall–Kier alpha value is -4.01. The summed E-state index contributed by atoms with van der Waals surface area (Å²) in [6, 6.07) is 5.02. The zero-order valence-corrected chi connectivity index (χ0v) is 62.0. The van der Waals surface area contributed by atoms with Crippen molar-refractivity contribution in [2.45, 2.75) is 281 Å². The van der Waals surface area contributed by atoms with E-state index in [-0.39, 0.29) is 140 Å². The number of aliphatic hydroxyl groups is 3. The van der Waals surface area contributed by atoms with Gasteiger partial charge in [0.2, 0.25) is 0 Å². The molecule has 13 aliphatic rings. The van der Waals surface area contributed by atoms with Crippen LogP contribution in [0.3, 0.4) is 0 Å². The van der Waals surface area contributed by atoms with Crippen molar-refractivity contribution in [1.29, 1.82) is 0 Å².